The molecule has 8 nitrogen and oxygen atoms in total. The molecule has 1 spiro atoms. The molecule has 1 aromatic carbocycles. The van der Waals surface area contributed by atoms with Crippen molar-refractivity contribution in [3.05, 3.63) is 60.5 Å². The molecular formula is C25H26N4O4S2. The number of hydrogen-bond acceptors (Lipinski definition) is 6. The van der Waals surface area contributed by atoms with Crippen LogP contribution in [0.1, 0.15) is 29.8 Å². The molecule has 3 aromatic heterocycles. The summed E-state index contributed by atoms with van der Waals surface area (Å²) in [5.74, 6) is 0.0417. The minimum Gasteiger partial charge on any atom is -0.364 e. The van der Waals surface area contributed by atoms with Crippen molar-refractivity contribution < 1.29 is 17.7 Å². The highest BCUT2D eigenvalue weighted by molar-refractivity contribution is 7.91. The third-order valence-electron chi connectivity index (χ3n) is 7.55. The van der Waals surface area contributed by atoms with E-state index < -0.39 is 10.0 Å². The van der Waals surface area contributed by atoms with Crippen molar-refractivity contribution >= 4 is 38.2 Å². The summed E-state index contributed by atoms with van der Waals surface area (Å²) in [7, 11) is -1.64. The number of nitrogens with zero attached hydrogens (tertiary/aromatic N) is 4. The van der Waals surface area contributed by atoms with Gasteiger partial charge in [-0.15, -0.1) is 11.3 Å². The van der Waals surface area contributed by atoms with Gasteiger partial charge in [-0.05, 0) is 48.9 Å². The summed E-state index contributed by atoms with van der Waals surface area (Å²) < 4.78 is 35.5. The Morgan fingerprint density at radius 3 is 2.57 bits per heavy atom. The Labute approximate surface area is 207 Å². The molecule has 2 aliphatic heterocycles. The number of para-hydroxylation sites is 1. The number of sulfonamides is 1. The molecule has 5 heterocycles. The predicted molar refractivity (Wildman–Crippen MR) is 134 cm³/mol. The van der Waals surface area contributed by atoms with Crippen molar-refractivity contribution in [1.82, 2.24) is 18.9 Å². The van der Waals surface area contributed by atoms with Crippen LogP contribution in [0.4, 0.5) is 0 Å². The number of aromatic nitrogens is 2. The lowest BCUT2D eigenvalue weighted by molar-refractivity contribution is 0.0591. The quantitative estimate of drug-likeness (QED) is 0.410. The first kappa shape index (κ1) is 22.5. The summed E-state index contributed by atoms with van der Waals surface area (Å²) in [6.07, 6.45) is 3.92. The maximum absolute atomic E-state index is 13.3. The molecule has 0 saturated carbocycles. The van der Waals surface area contributed by atoms with E-state index in [9.17, 15) is 13.2 Å². The summed E-state index contributed by atoms with van der Waals surface area (Å²) in [6, 6.07) is 15.1. The second-order valence-corrected chi connectivity index (χ2v) is 12.8. The number of piperidine rings is 1. The topological polar surface area (TPSA) is 88.7 Å². The van der Waals surface area contributed by atoms with E-state index in [-0.39, 0.29) is 11.3 Å². The normalized spacial score (nSPS) is 18.6. The first-order valence-corrected chi connectivity index (χ1v) is 14.0. The van der Waals surface area contributed by atoms with E-state index in [2.05, 4.69) is 5.16 Å². The Hall–Kier alpha value is -2.95. The largest absolute Gasteiger partial charge is 0.364 e. The fraction of sp³-hybridized carbons (Fsp3) is 0.360. The molecule has 0 unspecified atom stereocenters. The Morgan fingerprint density at radius 2 is 1.83 bits per heavy atom. The highest BCUT2D eigenvalue weighted by Crippen LogP contribution is 2.43. The van der Waals surface area contributed by atoms with Crippen molar-refractivity contribution in [3.8, 4) is 10.6 Å². The lowest BCUT2D eigenvalue weighted by Crippen LogP contribution is -2.45. The number of thiophene rings is 1. The Kier molecular flexibility index (Phi) is 5.35. The van der Waals surface area contributed by atoms with Crippen LogP contribution in [0.2, 0.25) is 0 Å². The summed E-state index contributed by atoms with van der Waals surface area (Å²) in [6.45, 7) is 2.30. The maximum atomic E-state index is 13.3. The molecule has 4 aromatic rings. The number of fused-ring (bicyclic) bond motifs is 1. The second-order valence-electron chi connectivity index (χ2n) is 9.53. The molecule has 2 fully saturated rings. The summed E-state index contributed by atoms with van der Waals surface area (Å²) >= 11 is 1.22. The monoisotopic (exact) mass is 510 g/mol. The molecule has 0 aliphatic carbocycles. The third-order valence-corrected chi connectivity index (χ3v) is 11.0. The van der Waals surface area contributed by atoms with Gasteiger partial charge in [-0.1, -0.05) is 23.4 Å². The zero-order chi connectivity index (χ0) is 24.2. The van der Waals surface area contributed by atoms with Gasteiger partial charge in [0.15, 0.2) is 0 Å². The number of aryl methyl sites for hydroxylation is 1. The number of benzene rings is 1. The molecule has 0 atom stereocenters. The van der Waals surface area contributed by atoms with Crippen LogP contribution in [0.25, 0.3) is 21.5 Å². The molecule has 0 bridgehead atoms. The van der Waals surface area contributed by atoms with E-state index in [1.807, 2.05) is 46.8 Å². The maximum Gasteiger partial charge on any atom is 0.270 e. The molecule has 10 heteroatoms. The van der Waals surface area contributed by atoms with Crippen LogP contribution < -0.4 is 0 Å². The Bertz CT molecular complexity index is 1500. The highest BCUT2D eigenvalue weighted by atomic mass is 32.2. The van der Waals surface area contributed by atoms with Gasteiger partial charge in [0.1, 0.15) is 21.9 Å². The molecule has 1 amide bonds. The number of rotatable bonds is 4. The fourth-order valence-corrected chi connectivity index (χ4v) is 8.39. The molecule has 2 aliphatic rings. The van der Waals surface area contributed by atoms with Crippen LogP contribution in [-0.2, 0) is 17.1 Å². The van der Waals surface area contributed by atoms with Gasteiger partial charge in [0.25, 0.3) is 15.9 Å². The molecule has 35 heavy (non-hydrogen) atoms. The number of carbonyl (C=O) groups is 1. The van der Waals surface area contributed by atoms with Crippen molar-refractivity contribution in [2.75, 3.05) is 26.2 Å². The molecule has 0 radical (unpaired) electrons. The summed E-state index contributed by atoms with van der Waals surface area (Å²) in [4.78, 5) is 16.0. The number of likely N-dealkylation sites (tertiary alicyclic amines) is 1. The van der Waals surface area contributed by atoms with Gasteiger partial charge >= 0.3 is 0 Å². The summed E-state index contributed by atoms with van der Waals surface area (Å²) in [5.41, 5.74) is 2.30. The van der Waals surface area contributed by atoms with Crippen LogP contribution in [0.3, 0.4) is 0 Å². The zero-order valence-corrected chi connectivity index (χ0v) is 21.0. The van der Waals surface area contributed by atoms with Crippen LogP contribution in [0.5, 0.6) is 0 Å². The van der Waals surface area contributed by atoms with Crippen LogP contribution in [-0.4, -0.2) is 59.4 Å². The molecule has 6 rings (SSSR count). The van der Waals surface area contributed by atoms with Gasteiger partial charge < -0.3 is 14.0 Å². The molecule has 182 valence electrons. The first-order valence-electron chi connectivity index (χ1n) is 11.7. The Morgan fingerprint density at radius 1 is 1.06 bits per heavy atom. The molecule has 2 saturated heterocycles. The smallest absolute Gasteiger partial charge is 0.270 e. The molecular weight excluding hydrogens is 484 g/mol. The average molecular weight is 511 g/mol. The van der Waals surface area contributed by atoms with E-state index in [4.69, 9.17) is 4.52 Å². The average Bonchev–Trinajstić information content (AvgIpc) is 3.66. The third kappa shape index (κ3) is 3.80. The van der Waals surface area contributed by atoms with Gasteiger partial charge in [-0.3, -0.25) is 4.79 Å². The summed E-state index contributed by atoms with van der Waals surface area (Å²) in [5, 5.41) is 4.96. The standard InChI is InChI=1S/C25H26N4O4S2/c1-27-20-5-3-2-4-18(20)16-21(27)24(30)28-12-9-25(10-13-28)11-14-29(17-25)35(31,32)23-7-6-22(34-23)19-8-15-33-26-19/h2-8,15-16H,9-14,17H2,1H3. The van der Waals surface area contributed by atoms with E-state index >= 15 is 0 Å². The van der Waals surface area contributed by atoms with Gasteiger partial charge in [0.2, 0.25) is 0 Å². The van der Waals surface area contributed by atoms with E-state index in [1.165, 1.54) is 17.6 Å². The van der Waals surface area contributed by atoms with Crippen molar-refractivity contribution in [3.63, 3.8) is 0 Å². The van der Waals surface area contributed by atoms with Gasteiger partial charge in [-0.2, -0.15) is 4.31 Å². The second kappa shape index (κ2) is 8.32. The van der Waals surface area contributed by atoms with E-state index in [1.54, 1.807) is 22.5 Å². The minimum atomic E-state index is -3.57. The zero-order valence-electron chi connectivity index (χ0n) is 19.4. The van der Waals surface area contributed by atoms with Gasteiger partial charge in [-0.25, -0.2) is 8.42 Å². The minimum absolute atomic E-state index is 0.0417. The highest BCUT2D eigenvalue weighted by Gasteiger charge is 2.45. The fourth-order valence-electron chi connectivity index (χ4n) is 5.41. The van der Waals surface area contributed by atoms with Crippen molar-refractivity contribution in [2.24, 2.45) is 12.5 Å². The predicted octanol–water partition coefficient (Wildman–Crippen LogP) is 4.21. The molecule has 0 N–H and O–H groups in total. The van der Waals surface area contributed by atoms with E-state index in [0.717, 1.165) is 35.0 Å². The van der Waals surface area contributed by atoms with Gasteiger partial charge in [0, 0.05) is 50.2 Å². The van der Waals surface area contributed by atoms with Crippen molar-refractivity contribution in [2.45, 2.75) is 23.5 Å². The van der Waals surface area contributed by atoms with Crippen LogP contribution in [0, 0.1) is 5.41 Å². The SMILES string of the molecule is Cn1c(C(=O)N2CCC3(CC2)CCN(S(=O)(=O)c2ccc(-c4ccon4)s2)C3)cc2ccccc21. The number of hydrogen-bond donors (Lipinski definition) is 0. The van der Waals surface area contributed by atoms with E-state index in [0.29, 0.717) is 41.8 Å². The lowest BCUT2D eigenvalue weighted by atomic mass is 9.78. The van der Waals surface area contributed by atoms with Crippen LogP contribution in [0.15, 0.2) is 63.5 Å². The Balaban J connectivity index is 1.14. The van der Waals surface area contributed by atoms with Crippen LogP contribution >= 0.6 is 11.3 Å². The number of amides is 1. The lowest BCUT2D eigenvalue weighted by Gasteiger charge is -2.39. The van der Waals surface area contributed by atoms with Gasteiger partial charge in [0.05, 0.1) is 4.88 Å². The number of carbonyl (C=O) groups excluding carboxylic acids is 1. The van der Waals surface area contributed by atoms with Crippen molar-refractivity contribution in [1.29, 1.82) is 0 Å². The first-order chi connectivity index (χ1) is 16.9.